The van der Waals surface area contributed by atoms with Crippen LogP contribution in [-0.4, -0.2) is 46.5 Å². The van der Waals surface area contributed by atoms with Gasteiger partial charge < -0.3 is 23.9 Å². The molecule has 0 bridgehead atoms. The number of para-hydroxylation sites is 2. The molecule has 0 aliphatic carbocycles. The summed E-state index contributed by atoms with van der Waals surface area (Å²) in [6.45, 7) is 3.41. The van der Waals surface area contributed by atoms with E-state index in [2.05, 4.69) is 39.0 Å². The number of amides is 2. The van der Waals surface area contributed by atoms with Crippen LogP contribution in [0.2, 0.25) is 0 Å². The number of fused-ring (bicyclic) bond motifs is 3. The van der Waals surface area contributed by atoms with Crippen LogP contribution in [0.25, 0.3) is 16.6 Å². The lowest BCUT2D eigenvalue weighted by molar-refractivity contribution is 0.200. The molecule has 0 radical (unpaired) electrons. The monoisotopic (exact) mass is 389 g/mol. The van der Waals surface area contributed by atoms with Crippen molar-refractivity contribution in [2.24, 2.45) is 0 Å². The second-order valence-electron chi connectivity index (χ2n) is 7.25. The van der Waals surface area contributed by atoms with Crippen LogP contribution in [0.3, 0.4) is 0 Å². The molecule has 1 aliphatic heterocycles. The number of hydrogen-bond donors (Lipinski definition) is 1. The quantitative estimate of drug-likeness (QED) is 0.582. The van der Waals surface area contributed by atoms with Crippen LogP contribution < -0.4 is 10.2 Å². The molecular formula is C22H23N5O2. The molecule has 0 unspecified atom stereocenters. The van der Waals surface area contributed by atoms with Crippen molar-refractivity contribution >= 4 is 28.4 Å². The predicted molar refractivity (Wildman–Crippen MR) is 112 cm³/mol. The maximum Gasteiger partial charge on any atom is 0.317 e. The van der Waals surface area contributed by atoms with Gasteiger partial charge in [-0.15, -0.1) is 0 Å². The first-order chi connectivity index (χ1) is 14.3. The number of anilines is 1. The zero-order valence-electron chi connectivity index (χ0n) is 16.1. The highest BCUT2D eigenvalue weighted by molar-refractivity contribution is 5.85. The van der Waals surface area contributed by atoms with E-state index in [-0.39, 0.29) is 6.03 Å². The van der Waals surface area contributed by atoms with Crippen LogP contribution in [-0.2, 0) is 6.54 Å². The maximum atomic E-state index is 12.6. The Morgan fingerprint density at radius 2 is 1.90 bits per heavy atom. The van der Waals surface area contributed by atoms with E-state index >= 15 is 0 Å². The fourth-order valence-electron chi connectivity index (χ4n) is 3.96. The summed E-state index contributed by atoms with van der Waals surface area (Å²) >= 11 is 0. The number of carbonyl (C=O) groups excluding carboxylic acids is 1. The molecule has 7 heteroatoms. The van der Waals surface area contributed by atoms with Crippen molar-refractivity contribution in [2.45, 2.75) is 13.0 Å². The number of nitrogens with zero attached hydrogens (tertiary/aromatic N) is 4. The molecule has 7 nitrogen and oxygen atoms in total. The molecule has 1 N–H and O–H groups in total. The minimum Gasteiger partial charge on any atom is -0.467 e. The fraction of sp³-hybridized carbons (Fsp3) is 0.273. The lowest BCUT2D eigenvalue weighted by Crippen LogP contribution is -2.41. The standard InChI is InChI=1S/C22H23N5O2/c28-22(23-16-17-6-4-15-29-17)26-11-5-10-25(13-14-26)21-20-9-3-12-27(20)19-8-2-1-7-18(19)24-21/h1-4,6-9,12,15H,5,10-11,13-14,16H2,(H,23,28). The summed E-state index contributed by atoms with van der Waals surface area (Å²) in [6, 6.07) is 16.0. The summed E-state index contributed by atoms with van der Waals surface area (Å²) in [5.41, 5.74) is 3.17. The van der Waals surface area contributed by atoms with E-state index in [0.29, 0.717) is 13.1 Å². The van der Waals surface area contributed by atoms with Crippen LogP contribution >= 0.6 is 0 Å². The van der Waals surface area contributed by atoms with Crippen molar-refractivity contribution < 1.29 is 9.21 Å². The lowest BCUT2D eigenvalue weighted by Gasteiger charge is -2.24. The van der Waals surface area contributed by atoms with Gasteiger partial charge >= 0.3 is 6.03 Å². The summed E-state index contributed by atoms with van der Waals surface area (Å²) in [4.78, 5) is 21.7. The number of urea groups is 1. The molecule has 5 rings (SSSR count). The first-order valence-electron chi connectivity index (χ1n) is 9.95. The highest BCUT2D eigenvalue weighted by atomic mass is 16.3. The van der Waals surface area contributed by atoms with Crippen LogP contribution in [0.4, 0.5) is 10.6 Å². The van der Waals surface area contributed by atoms with Crippen LogP contribution in [0.15, 0.2) is 65.4 Å². The Balaban J connectivity index is 1.34. The van der Waals surface area contributed by atoms with Gasteiger partial charge in [0.1, 0.15) is 5.76 Å². The summed E-state index contributed by atoms with van der Waals surface area (Å²) < 4.78 is 7.48. The topological polar surface area (TPSA) is 66.0 Å². The molecule has 1 aromatic carbocycles. The molecule has 1 aliphatic rings. The third-order valence-electron chi connectivity index (χ3n) is 5.42. The van der Waals surface area contributed by atoms with E-state index in [9.17, 15) is 4.79 Å². The Hall–Kier alpha value is -3.48. The molecule has 3 aromatic heterocycles. The molecule has 2 amide bonds. The smallest absolute Gasteiger partial charge is 0.317 e. The molecule has 0 spiro atoms. The second-order valence-corrected chi connectivity index (χ2v) is 7.25. The summed E-state index contributed by atoms with van der Waals surface area (Å²) in [5, 5.41) is 2.94. The maximum absolute atomic E-state index is 12.6. The van der Waals surface area contributed by atoms with Gasteiger partial charge in [0, 0.05) is 32.4 Å². The molecule has 1 fully saturated rings. The molecule has 1 saturated heterocycles. The number of carbonyl (C=O) groups is 1. The van der Waals surface area contributed by atoms with E-state index < -0.39 is 0 Å². The Morgan fingerprint density at radius 3 is 2.79 bits per heavy atom. The fourth-order valence-corrected chi connectivity index (χ4v) is 3.96. The van der Waals surface area contributed by atoms with Gasteiger partial charge in [0.2, 0.25) is 0 Å². The van der Waals surface area contributed by atoms with E-state index in [1.54, 1.807) is 6.26 Å². The minimum atomic E-state index is -0.0532. The van der Waals surface area contributed by atoms with Crippen molar-refractivity contribution in [3.05, 3.63) is 66.8 Å². The van der Waals surface area contributed by atoms with E-state index in [0.717, 1.165) is 54.2 Å². The zero-order valence-corrected chi connectivity index (χ0v) is 16.1. The van der Waals surface area contributed by atoms with Crippen LogP contribution in [0.5, 0.6) is 0 Å². The van der Waals surface area contributed by atoms with Gasteiger partial charge in [0.05, 0.1) is 29.4 Å². The normalized spacial score (nSPS) is 15.0. The number of hydrogen-bond acceptors (Lipinski definition) is 4. The Bertz CT molecular complexity index is 1130. The summed E-state index contributed by atoms with van der Waals surface area (Å²) in [5.74, 6) is 1.73. The number of nitrogens with one attached hydrogen (secondary N) is 1. The Morgan fingerprint density at radius 1 is 1.00 bits per heavy atom. The van der Waals surface area contributed by atoms with Gasteiger partial charge in [-0.05, 0) is 42.8 Å². The average Bonchev–Trinajstić information content (AvgIpc) is 3.39. The van der Waals surface area contributed by atoms with Gasteiger partial charge in [0.25, 0.3) is 0 Å². The molecule has 4 aromatic rings. The first kappa shape index (κ1) is 17.6. The number of furan rings is 1. The highest BCUT2D eigenvalue weighted by Crippen LogP contribution is 2.26. The predicted octanol–water partition coefficient (Wildman–Crippen LogP) is 3.50. The molecular weight excluding hydrogens is 366 g/mol. The molecule has 29 heavy (non-hydrogen) atoms. The van der Waals surface area contributed by atoms with Crippen molar-refractivity contribution in [3.8, 4) is 0 Å². The highest BCUT2D eigenvalue weighted by Gasteiger charge is 2.22. The Kier molecular flexibility index (Phi) is 4.56. The van der Waals surface area contributed by atoms with E-state index in [1.807, 2.05) is 35.2 Å². The van der Waals surface area contributed by atoms with Gasteiger partial charge in [-0.1, -0.05) is 12.1 Å². The SMILES string of the molecule is O=C(NCc1ccco1)N1CCCN(c2nc3ccccc3n3cccc23)CC1. The van der Waals surface area contributed by atoms with E-state index in [4.69, 9.17) is 9.40 Å². The van der Waals surface area contributed by atoms with Crippen LogP contribution in [0, 0.1) is 0 Å². The average molecular weight is 389 g/mol. The minimum absolute atomic E-state index is 0.0532. The molecule has 4 heterocycles. The van der Waals surface area contributed by atoms with Crippen molar-refractivity contribution in [2.75, 3.05) is 31.1 Å². The second kappa shape index (κ2) is 7.50. The number of aromatic nitrogens is 2. The van der Waals surface area contributed by atoms with Crippen LogP contribution in [0.1, 0.15) is 12.2 Å². The first-order valence-corrected chi connectivity index (χ1v) is 9.95. The van der Waals surface area contributed by atoms with E-state index in [1.165, 1.54) is 0 Å². The largest absolute Gasteiger partial charge is 0.467 e. The number of benzene rings is 1. The third-order valence-corrected chi connectivity index (χ3v) is 5.42. The zero-order chi connectivity index (χ0) is 19.6. The van der Waals surface area contributed by atoms with Crippen molar-refractivity contribution in [1.82, 2.24) is 19.6 Å². The van der Waals surface area contributed by atoms with Gasteiger partial charge in [-0.2, -0.15) is 0 Å². The number of rotatable bonds is 3. The van der Waals surface area contributed by atoms with Crippen molar-refractivity contribution in [1.29, 1.82) is 0 Å². The molecule has 0 atom stereocenters. The Labute approximate surface area is 168 Å². The lowest BCUT2D eigenvalue weighted by atomic mass is 10.3. The van der Waals surface area contributed by atoms with Crippen molar-refractivity contribution in [3.63, 3.8) is 0 Å². The molecule has 0 saturated carbocycles. The van der Waals surface area contributed by atoms with Gasteiger partial charge in [-0.3, -0.25) is 0 Å². The van der Waals surface area contributed by atoms with Gasteiger partial charge in [-0.25, -0.2) is 9.78 Å². The molecule has 148 valence electrons. The summed E-state index contributed by atoms with van der Waals surface area (Å²) in [6.07, 6.45) is 4.59. The van der Waals surface area contributed by atoms with Gasteiger partial charge in [0.15, 0.2) is 5.82 Å². The third kappa shape index (κ3) is 3.40. The summed E-state index contributed by atoms with van der Waals surface area (Å²) in [7, 11) is 0.